The quantitative estimate of drug-likeness (QED) is 0.591. The Morgan fingerprint density at radius 2 is 2.00 bits per heavy atom. The Morgan fingerprint density at radius 1 is 1.17 bits per heavy atom. The van der Waals surface area contributed by atoms with Crippen LogP contribution in [0, 0.1) is 4.91 Å². The summed E-state index contributed by atoms with van der Waals surface area (Å²) in [5.41, 5.74) is 0.627. The Morgan fingerprint density at radius 3 is 2.83 bits per heavy atom. The van der Waals surface area contributed by atoms with Gasteiger partial charge in [0.2, 0.25) is 5.82 Å². The van der Waals surface area contributed by atoms with E-state index in [0.717, 1.165) is 0 Å². The molecule has 0 spiro atoms. The molecule has 1 aromatic carbocycles. The molecule has 0 bridgehead atoms. The molecule has 0 radical (unpaired) electrons. The first-order valence-corrected chi connectivity index (χ1v) is 3.33. The predicted molar refractivity (Wildman–Crippen MR) is 42.8 cm³/mol. The van der Waals surface area contributed by atoms with Gasteiger partial charge < -0.3 is 0 Å². The fourth-order valence-corrected chi connectivity index (χ4v) is 0.984. The fourth-order valence-electron chi connectivity index (χ4n) is 0.984. The molecule has 0 amide bonds. The van der Waals surface area contributed by atoms with Crippen LogP contribution in [0.15, 0.2) is 29.4 Å². The number of rotatable bonds is 1. The second-order valence-electron chi connectivity index (χ2n) is 2.22. The number of hydrogen-bond acceptors (Lipinski definition) is 5. The topological polar surface area (TPSA) is 68.1 Å². The summed E-state index contributed by atoms with van der Waals surface area (Å²) in [6, 6.07) is 7.08. The van der Waals surface area contributed by atoms with Crippen LogP contribution in [-0.4, -0.2) is 15.4 Å². The molecule has 0 aliphatic rings. The Balaban J connectivity index is 2.88. The van der Waals surface area contributed by atoms with Crippen LogP contribution < -0.4 is 0 Å². The van der Waals surface area contributed by atoms with Crippen LogP contribution in [-0.2, 0) is 0 Å². The maximum Gasteiger partial charge on any atom is 0.229 e. The molecule has 0 aliphatic carbocycles. The van der Waals surface area contributed by atoms with Crippen LogP contribution in [0.4, 0.5) is 5.82 Å². The minimum Gasteiger partial charge on any atom is -0.143 e. The zero-order chi connectivity index (χ0) is 8.39. The average Bonchev–Trinajstić information content (AvgIpc) is 2.17. The zero-order valence-corrected chi connectivity index (χ0v) is 6.01. The molecule has 1 heterocycles. The number of nitrogens with zero attached hydrogens (tertiary/aromatic N) is 4. The Bertz CT molecular complexity index is 423. The van der Waals surface area contributed by atoms with Gasteiger partial charge in [-0.1, -0.05) is 12.1 Å². The lowest BCUT2D eigenvalue weighted by Crippen LogP contribution is -1.87. The van der Waals surface area contributed by atoms with Gasteiger partial charge in [-0.25, -0.2) is 0 Å². The van der Waals surface area contributed by atoms with Gasteiger partial charge in [0, 0.05) is 0 Å². The third-order valence-corrected chi connectivity index (χ3v) is 1.52. The van der Waals surface area contributed by atoms with Crippen molar-refractivity contribution in [3.8, 4) is 0 Å². The summed E-state index contributed by atoms with van der Waals surface area (Å²) in [5, 5.41) is 14.0. The second kappa shape index (κ2) is 2.61. The monoisotopic (exact) mass is 160 g/mol. The van der Waals surface area contributed by atoms with Gasteiger partial charge in [0.25, 0.3) is 0 Å². The van der Waals surface area contributed by atoms with Crippen LogP contribution in [0.25, 0.3) is 10.9 Å². The molecular formula is C7H4N4O. The van der Waals surface area contributed by atoms with Gasteiger partial charge in [0.15, 0.2) is 0 Å². The molecule has 12 heavy (non-hydrogen) atoms. The summed E-state index contributed by atoms with van der Waals surface area (Å²) in [4.78, 5) is 10.2. The predicted octanol–water partition coefficient (Wildman–Crippen LogP) is 1.42. The molecular weight excluding hydrogens is 156 g/mol. The molecule has 0 saturated carbocycles. The molecule has 5 heteroatoms. The van der Waals surface area contributed by atoms with Crippen molar-refractivity contribution in [2.75, 3.05) is 0 Å². The molecule has 58 valence electrons. The van der Waals surface area contributed by atoms with E-state index in [2.05, 4.69) is 20.6 Å². The minimum atomic E-state index is 0.0839. The highest BCUT2D eigenvalue weighted by molar-refractivity contribution is 5.86. The van der Waals surface area contributed by atoms with E-state index in [1.165, 1.54) is 0 Å². The normalized spacial score (nSPS) is 10.0. The summed E-state index contributed by atoms with van der Waals surface area (Å²) in [6.07, 6.45) is 0. The number of nitroso groups, excluding NO2 is 1. The Kier molecular flexibility index (Phi) is 1.48. The van der Waals surface area contributed by atoms with Gasteiger partial charge in [0.05, 0.1) is 10.9 Å². The molecule has 5 nitrogen and oxygen atoms in total. The van der Waals surface area contributed by atoms with Crippen molar-refractivity contribution in [3.63, 3.8) is 0 Å². The first kappa shape index (κ1) is 6.78. The molecule has 0 saturated heterocycles. The van der Waals surface area contributed by atoms with Gasteiger partial charge in [-0.2, -0.15) is 0 Å². The fraction of sp³-hybridized carbons (Fsp3) is 0. The largest absolute Gasteiger partial charge is 0.229 e. The lowest BCUT2D eigenvalue weighted by molar-refractivity contribution is 0.894. The highest BCUT2D eigenvalue weighted by atomic mass is 16.3. The molecule has 2 aromatic rings. The first-order valence-electron chi connectivity index (χ1n) is 3.33. The van der Waals surface area contributed by atoms with E-state index in [9.17, 15) is 4.91 Å². The molecule has 0 unspecified atom stereocenters. The third-order valence-electron chi connectivity index (χ3n) is 1.52. The van der Waals surface area contributed by atoms with Crippen LogP contribution in [0.3, 0.4) is 0 Å². The SMILES string of the molecule is O=Nc1nnnc2ccccc12. The van der Waals surface area contributed by atoms with Crippen molar-refractivity contribution < 1.29 is 0 Å². The summed E-state index contributed by atoms with van der Waals surface area (Å²) >= 11 is 0. The van der Waals surface area contributed by atoms with E-state index >= 15 is 0 Å². The molecule has 0 aliphatic heterocycles. The third kappa shape index (κ3) is 0.914. The van der Waals surface area contributed by atoms with Crippen molar-refractivity contribution in [3.05, 3.63) is 29.2 Å². The van der Waals surface area contributed by atoms with Gasteiger partial charge in [-0.05, 0) is 22.5 Å². The maximum atomic E-state index is 10.2. The minimum absolute atomic E-state index is 0.0839. The Labute approximate surface area is 67.4 Å². The second-order valence-corrected chi connectivity index (χ2v) is 2.22. The molecule has 2 rings (SSSR count). The highest BCUT2D eigenvalue weighted by Gasteiger charge is 2.02. The molecule has 0 fully saturated rings. The molecule has 1 aromatic heterocycles. The summed E-state index contributed by atoms with van der Waals surface area (Å²) in [5.74, 6) is 0.0839. The van der Waals surface area contributed by atoms with Crippen LogP contribution in [0.1, 0.15) is 0 Å². The van der Waals surface area contributed by atoms with Crippen molar-refractivity contribution in [2.24, 2.45) is 5.18 Å². The van der Waals surface area contributed by atoms with E-state index in [0.29, 0.717) is 10.9 Å². The van der Waals surface area contributed by atoms with Crippen molar-refractivity contribution in [1.29, 1.82) is 0 Å². The van der Waals surface area contributed by atoms with Gasteiger partial charge in [-0.3, -0.25) is 0 Å². The standard InChI is InChI=1S/C7H4N4O/c12-10-7-5-3-1-2-4-6(5)8-11-9-7/h1-4H. The van der Waals surface area contributed by atoms with Crippen molar-refractivity contribution in [1.82, 2.24) is 15.4 Å². The number of fused-ring (bicyclic) bond motifs is 1. The Hall–Kier alpha value is -1.91. The van der Waals surface area contributed by atoms with Gasteiger partial charge in [-0.15, -0.1) is 15.1 Å². The average molecular weight is 160 g/mol. The van der Waals surface area contributed by atoms with Crippen LogP contribution in [0.2, 0.25) is 0 Å². The summed E-state index contributed by atoms with van der Waals surface area (Å²) < 4.78 is 0. The number of benzene rings is 1. The van der Waals surface area contributed by atoms with Gasteiger partial charge >= 0.3 is 0 Å². The van der Waals surface area contributed by atoms with Crippen LogP contribution >= 0.6 is 0 Å². The van der Waals surface area contributed by atoms with E-state index in [4.69, 9.17) is 0 Å². The smallest absolute Gasteiger partial charge is 0.143 e. The lowest BCUT2D eigenvalue weighted by atomic mass is 10.2. The van der Waals surface area contributed by atoms with Crippen molar-refractivity contribution >= 4 is 16.7 Å². The molecule has 0 N–H and O–H groups in total. The van der Waals surface area contributed by atoms with E-state index in [1.54, 1.807) is 18.2 Å². The van der Waals surface area contributed by atoms with Crippen molar-refractivity contribution in [2.45, 2.75) is 0 Å². The number of hydrogen-bond donors (Lipinski definition) is 0. The summed E-state index contributed by atoms with van der Waals surface area (Å²) in [7, 11) is 0. The maximum absolute atomic E-state index is 10.2. The lowest BCUT2D eigenvalue weighted by Gasteiger charge is -1.93. The first-order chi connectivity index (χ1) is 5.92. The number of aromatic nitrogens is 3. The van der Waals surface area contributed by atoms with E-state index < -0.39 is 0 Å². The summed E-state index contributed by atoms with van der Waals surface area (Å²) in [6.45, 7) is 0. The van der Waals surface area contributed by atoms with E-state index in [-0.39, 0.29) is 5.82 Å². The van der Waals surface area contributed by atoms with E-state index in [1.807, 2.05) is 6.07 Å². The highest BCUT2D eigenvalue weighted by Crippen LogP contribution is 2.18. The zero-order valence-electron chi connectivity index (χ0n) is 6.01. The van der Waals surface area contributed by atoms with Gasteiger partial charge in [0.1, 0.15) is 0 Å². The van der Waals surface area contributed by atoms with Crippen LogP contribution in [0.5, 0.6) is 0 Å². The molecule has 0 atom stereocenters.